The zero-order valence-corrected chi connectivity index (χ0v) is 15.5. The van der Waals surface area contributed by atoms with Crippen LogP contribution < -0.4 is 9.47 Å². The van der Waals surface area contributed by atoms with Crippen molar-refractivity contribution in [3.63, 3.8) is 0 Å². The Kier molecular flexibility index (Phi) is 5.45. The zero-order chi connectivity index (χ0) is 17.8. The van der Waals surface area contributed by atoms with Crippen molar-refractivity contribution in [3.8, 4) is 11.5 Å². The van der Waals surface area contributed by atoms with E-state index < -0.39 is 0 Å². The van der Waals surface area contributed by atoms with Crippen molar-refractivity contribution in [2.24, 2.45) is 0 Å². The lowest BCUT2D eigenvalue weighted by Gasteiger charge is -2.15. The van der Waals surface area contributed by atoms with Crippen molar-refractivity contribution in [1.29, 1.82) is 0 Å². The molecule has 0 saturated carbocycles. The van der Waals surface area contributed by atoms with Crippen molar-refractivity contribution in [2.75, 3.05) is 20.8 Å². The highest BCUT2D eigenvalue weighted by Gasteiger charge is 2.31. The first-order valence-electron chi connectivity index (χ1n) is 7.62. The Morgan fingerprint density at radius 2 is 2.04 bits per heavy atom. The molecular weight excluding hydrogens is 358 g/mol. The van der Waals surface area contributed by atoms with Gasteiger partial charge in [-0.25, -0.2) is 0 Å². The lowest BCUT2D eigenvalue weighted by Crippen LogP contribution is -2.30. The van der Waals surface area contributed by atoms with Crippen LogP contribution in [0.1, 0.15) is 11.3 Å². The molecule has 5 nitrogen and oxygen atoms in total. The molecule has 0 spiro atoms. The van der Waals surface area contributed by atoms with E-state index in [1.807, 2.05) is 18.2 Å². The molecule has 1 amide bonds. The number of benzene rings is 1. The van der Waals surface area contributed by atoms with E-state index >= 15 is 0 Å². The number of carbonyl (C=O) groups is 1. The van der Waals surface area contributed by atoms with E-state index in [0.717, 1.165) is 5.56 Å². The molecule has 2 heterocycles. The number of furan rings is 1. The van der Waals surface area contributed by atoms with Gasteiger partial charge >= 0.3 is 0 Å². The largest absolute Gasteiger partial charge is 0.493 e. The lowest BCUT2D eigenvalue weighted by molar-refractivity contribution is -0.122. The van der Waals surface area contributed by atoms with Gasteiger partial charge in [-0.15, -0.1) is 0 Å². The minimum absolute atomic E-state index is 0.0909. The molecule has 1 aliphatic heterocycles. The summed E-state index contributed by atoms with van der Waals surface area (Å²) < 4.78 is 16.4. The van der Waals surface area contributed by atoms with Crippen LogP contribution in [-0.4, -0.2) is 35.9 Å². The van der Waals surface area contributed by atoms with Crippen LogP contribution in [0.25, 0.3) is 6.08 Å². The van der Waals surface area contributed by atoms with Gasteiger partial charge in [0, 0.05) is 12.6 Å². The molecule has 1 aromatic carbocycles. The maximum absolute atomic E-state index is 12.5. The van der Waals surface area contributed by atoms with Gasteiger partial charge in [0.2, 0.25) is 0 Å². The number of thiocarbonyl (C=S) groups is 1. The van der Waals surface area contributed by atoms with E-state index in [9.17, 15) is 4.79 Å². The Balaban J connectivity index is 1.69. The van der Waals surface area contributed by atoms with Crippen molar-refractivity contribution < 1.29 is 18.7 Å². The van der Waals surface area contributed by atoms with Crippen LogP contribution in [0.15, 0.2) is 45.9 Å². The zero-order valence-electron chi connectivity index (χ0n) is 13.9. The number of methoxy groups -OCH3 is 2. The molecule has 130 valence electrons. The summed E-state index contributed by atoms with van der Waals surface area (Å²) >= 11 is 6.64. The third-order valence-electron chi connectivity index (χ3n) is 3.76. The molecule has 25 heavy (non-hydrogen) atoms. The molecule has 0 N–H and O–H groups in total. The van der Waals surface area contributed by atoms with Crippen LogP contribution >= 0.6 is 24.0 Å². The van der Waals surface area contributed by atoms with Gasteiger partial charge in [0.05, 0.1) is 25.4 Å². The standard InChI is InChI=1S/C18H17NO4S2/c1-21-14-6-5-12(10-15(14)22-2)7-8-19-17(20)16(25-18(19)24)11-13-4-3-9-23-13/h3-6,9-11H,7-8H2,1-2H3/b16-11-. The fourth-order valence-electron chi connectivity index (χ4n) is 2.47. The monoisotopic (exact) mass is 375 g/mol. The highest BCUT2D eigenvalue weighted by atomic mass is 32.2. The molecule has 1 saturated heterocycles. The number of hydrogen-bond acceptors (Lipinski definition) is 6. The van der Waals surface area contributed by atoms with E-state index in [2.05, 4.69) is 0 Å². The molecule has 0 bridgehead atoms. The highest BCUT2D eigenvalue weighted by Crippen LogP contribution is 2.33. The van der Waals surface area contributed by atoms with Crippen LogP contribution in [-0.2, 0) is 11.2 Å². The maximum atomic E-state index is 12.5. The minimum atomic E-state index is -0.0909. The van der Waals surface area contributed by atoms with E-state index in [-0.39, 0.29) is 5.91 Å². The lowest BCUT2D eigenvalue weighted by atomic mass is 10.1. The number of amides is 1. The second kappa shape index (κ2) is 7.76. The number of rotatable bonds is 6. The summed E-state index contributed by atoms with van der Waals surface area (Å²) in [5.74, 6) is 1.90. The molecule has 0 atom stereocenters. The van der Waals surface area contributed by atoms with Crippen LogP contribution in [0.5, 0.6) is 11.5 Å². The maximum Gasteiger partial charge on any atom is 0.266 e. The summed E-state index contributed by atoms with van der Waals surface area (Å²) in [5.41, 5.74) is 1.04. The van der Waals surface area contributed by atoms with Gasteiger partial charge in [-0.05, 0) is 36.2 Å². The molecule has 1 aromatic heterocycles. The Labute approximate surface area is 155 Å². The Bertz CT molecular complexity index is 814. The molecule has 1 aliphatic rings. The number of nitrogens with zero attached hydrogens (tertiary/aromatic N) is 1. The molecule has 2 aromatic rings. The quantitative estimate of drug-likeness (QED) is 0.566. The van der Waals surface area contributed by atoms with Crippen LogP contribution in [0, 0.1) is 0 Å². The van der Waals surface area contributed by atoms with E-state index in [4.69, 9.17) is 26.1 Å². The van der Waals surface area contributed by atoms with Crippen molar-refractivity contribution >= 4 is 40.3 Å². The van der Waals surface area contributed by atoms with Crippen molar-refractivity contribution in [3.05, 3.63) is 52.8 Å². The molecule has 0 unspecified atom stereocenters. The first kappa shape index (κ1) is 17.6. The van der Waals surface area contributed by atoms with E-state index in [0.29, 0.717) is 39.5 Å². The molecule has 7 heteroatoms. The van der Waals surface area contributed by atoms with Gasteiger partial charge in [-0.1, -0.05) is 30.0 Å². The molecule has 0 radical (unpaired) electrons. The van der Waals surface area contributed by atoms with Crippen molar-refractivity contribution in [2.45, 2.75) is 6.42 Å². The van der Waals surface area contributed by atoms with Crippen LogP contribution in [0.4, 0.5) is 0 Å². The Morgan fingerprint density at radius 1 is 1.24 bits per heavy atom. The van der Waals surface area contributed by atoms with Crippen LogP contribution in [0.2, 0.25) is 0 Å². The van der Waals surface area contributed by atoms with Gasteiger partial charge in [0.25, 0.3) is 5.91 Å². The first-order chi connectivity index (χ1) is 12.1. The number of ether oxygens (including phenoxy) is 2. The molecule has 3 rings (SSSR count). The second-order valence-electron chi connectivity index (χ2n) is 5.29. The van der Waals surface area contributed by atoms with E-state index in [1.54, 1.807) is 43.6 Å². The second-order valence-corrected chi connectivity index (χ2v) is 6.96. The van der Waals surface area contributed by atoms with Gasteiger partial charge in [-0.3, -0.25) is 9.69 Å². The summed E-state index contributed by atoms with van der Waals surface area (Å²) in [6.45, 7) is 0.510. The summed E-state index contributed by atoms with van der Waals surface area (Å²) in [7, 11) is 3.20. The number of carbonyl (C=O) groups excluding carboxylic acids is 1. The predicted molar refractivity (Wildman–Crippen MR) is 102 cm³/mol. The van der Waals surface area contributed by atoms with Crippen molar-refractivity contribution in [1.82, 2.24) is 4.90 Å². The molecule has 0 aliphatic carbocycles. The normalized spacial score (nSPS) is 15.9. The average molecular weight is 375 g/mol. The average Bonchev–Trinajstić information content (AvgIpc) is 3.22. The Hall–Kier alpha value is -2.25. The third-order valence-corrected chi connectivity index (χ3v) is 5.14. The highest BCUT2D eigenvalue weighted by molar-refractivity contribution is 8.26. The number of thioether (sulfide) groups is 1. The smallest absolute Gasteiger partial charge is 0.266 e. The predicted octanol–water partition coefficient (Wildman–Crippen LogP) is 3.74. The van der Waals surface area contributed by atoms with Gasteiger partial charge in [0.15, 0.2) is 11.5 Å². The first-order valence-corrected chi connectivity index (χ1v) is 8.84. The summed E-state index contributed by atoms with van der Waals surface area (Å²) in [6.07, 6.45) is 3.96. The van der Waals surface area contributed by atoms with Gasteiger partial charge < -0.3 is 13.9 Å². The fourth-order valence-corrected chi connectivity index (χ4v) is 3.76. The third kappa shape index (κ3) is 3.88. The summed E-state index contributed by atoms with van der Waals surface area (Å²) in [5, 5.41) is 0. The molecular formula is C18H17NO4S2. The van der Waals surface area contributed by atoms with E-state index in [1.165, 1.54) is 11.8 Å². The van der Waals surface area contributed by atoms with Gasteiger partial charge in [0.1, 0.15) is 10.1 Å². The minimum Gasteiger partial charge on any atom is -0.493 e. The fraction of sp³-hybridized carbons (Fsp3) is 0.222. The van der Waals surface area contributed by atoms with Crippen LogP contribution in [0.3, 0.4) is 0 Å². The molecule has 1 fully saturated rings. The SMILES string of the molecule is COc1ccc(CCN2C(=O)/C(=C/c3ccco3)SC2=S)cc1OC. The topological polar surface area (TPSA) is 51.9 Å². The summed E-state index contributed by atoms with van der Waals surface area (Å²) in [6, 6.07) is 9.31. The number of hydrogen-bond donors (Lipinski definition) is 0. The summed E-state index contributed by atoms with van der Waals surface area (Å²) in [4.78, 5) is 14.7. The Morgan fingerprint density at radius 3 is 2.72 bits per heavy atom. The van der Waals surface area contributed by atoms with Gasteiger partial charge in [-0.2, -0.15) is 0 Å².